The van der Waals surface area contributed by atoms with Crippen LogP contribution in [0.5, 0.6) is 0 Å². The summed E-state index contributed by atoms with van der Waals surface area (Å²) in [5, 5.41) is 48.9. The van der Waals surface area contributed by atoms with Crippen molar-refractivity contribution in [1.29, 1.82) is 10.5 Å². The van der Waals surface area contributed by atoms with E-state index in [-0.39, 0.29) is 36.1 Å². The average molecular weight is 645 g/mol. The molecule has 2 aliphatic carbocycles. The zero-order chi connectivity index (χ0) is 33.0. The first kappa shape index (κ1) is 31.2. The number of nitriles is 2. The Labute approximate surface area is 276 Å². The lowest BCUT2D eigenvalue weighted by molar-refractivity contribution is 0.169. The van der Waals surface area contributed by atoms with E-state index in [0.29, 0.717) is 12.8 Å². The number of H-pyrrole nitrogens is 2. The van der Waals surface area contributed by atoms with Crippen LogP contribution >= 0.6 is 0 Å². The number of hydrogen-bond donors (Lipinski definition) is 4. The van der Waals surface area contributed by atoms with E-state index in [1.165, 1.54) is 12.7 Å². The van der Waals surface area contributed by atoms with Crippen molar-refractivity contribution in [3.05, 3.63) is 62.0 Å². The molecule has 0 spiro atoms. The number of aliphatic hydroxyl groups excluding tert-OH is 2. The van der Waals surface area contributed by atoms with Crippen LogP contribution in [0.4, 0.5) is 0 Å². The Morgan fingerprint density at radius 2 is 1.17 bits per heavy atom. The quantitative estimate of drug-likeness (QED) is 0.177. The molecule has 2 aliphatic rings. The molecule has 0 saturated heterocycles. The highest BCUT2D eigenvalue weighted by molar-refractivity contribution is 5.90. The molecule has 0 radical (unpaired) electrons. The molecule has 4 N–H and O–H groups in total. The molecule has 0 bridgehead atoms. The zero-order valence-corrected chi connectivity index (χ0v) is 26.3. The third-order valence-electron chi connectivity index (χ3n) is 9.72. The molecule has 2 saturated carbocycles. The summed E-state index contributed by atoms with van der Waals surface area (Å²) in [7, 11) is 0. The number of rotatable bonds is 8. The summed E-state index contributed by atoms with van der Waals surface area (Å²) in [6.07, 6.45) is 19.4. The van der Waals surface area contributed by atoms with Crippen LogP contribution in [0, 0.1) is 34.5 Å². The average Bonchev–Trinajstić information content (AvgIpc) is 3.95. The largest absolute Gasteiger partial charge is 0.393 e. The van der Waals surface area contributed by atoms with Crippen LogP contribution in [0.25, 0.3) is 44.6 Å². The van der Waals surface area contributed by atoms with Gasteiger partial charge in [-0.05, 0) is 62.5 Å². The van der Waals surface area contributed by atoms with Gasteiger partial charge in [-0.25, -0.2) is 19.9 Å². The Balaban J connectivity index is 0.000000152. The number of aromatic amines is 2. The fourth-order valence-electron chi connectivity index (χ4n) is 7.31. The highest BCUT2D eigenvalue weighted by Gasteiger charge is 2.32. The second kappa shape index (κ2) is 13.7. The van der Waals surface area contributed by atoms with Crippen LogP contribution in [0.1, 0.15) is 63.5 Å². The molecule has 6 atom stereocenters. The maximum absolute atomic E-state index is 9.81. The van der Waals surface area contributed by atoms with Crippen LogP contribution in [0.3, 0.4) is 0 Å². The molecular weight excluding hydrogens is 608 g/mol. The van der Waals surface area contributed by atoms with Crippen molar-refractivity contribution in [1.82, 2.24) is 49.5 Å². The van der Waals surface area contributed by atoms with Crippen LogP contribution in [-0.2, 0) is 0 Å². The smallest absolute Gasteiger partial charge is 0.141 e. The molecule has 8 rings (SSSR count). The fraction of sp³-hybridized carbons (Fsp3) is 0.412. The summed E-state index contributed by atoms with van der Waals surface area (Å²) >= 11 is 0. The molecule has 48 heavy (non-hydrogen) atoms. The molecule has 244 valence electrons. The normalized spacial score (nSPS) is 21.8. The molecule has 0 aliphatic heterocycles. The number of hydrogen-bond acceptors (Lipinski definition) is 10. The van der Waals surface area contributed by atoms with Gasteiger partial charge in [-0.15, -0.1) is 0 Å². The molecular formula is C34H36N12O2. The number of aromatic nitrogens is 10. The summed E-state index contributed by atoms with van der Waals surface area (Å²) in [5.41, 5.74) is 5.05. The van der Waals surface area contributed by atoms with Gasteiger partial charge in [0.2, 0.25) is 0 Å². The van der Waals surface area contributed by atoms with Gasteiger partial charge in [0.25, 0.3) is 0 Å². The summed E-state index contributed by atoms with van der Waals surface area (Å²) in [4.78, 5) is 23.3. The first-order valence-electron chi connectivity index (χ1n) is 16.3. The van der Waals surface area contributed by atoms with Gasteiger partial charge in [-0.2, -0.15) is 20.7 Å². The number of aliphatic hydroxyl groups is 2. The number of nitrogens with zero attached hydrogens (tertiary/aromatic N) is 10. The molecule has 14 heteroatoms. The van der Waals surface area contributed by atoms with E-state index in [9.17, 15) is 20.7 Å². The van der Waals surface area contributed by atoms with Crippen molar-refractivity contribution in [3.8, 4) is 34.7 Å². The van der Waals surface area contributed by atoms with Crippen molar-refractivity contribution in [3.63, 3.8) is 0 Å². The second-order valence-electron chi connectivity index (χ2n) is 12.7. The third kappa shape index (κ3) is 6.28. The van der Waals surface area contributed by atoms with E-state index in [1.54, 1.807) is 12.4 Å². The molecule has 2 unspecified atom stereocenters. The Morgan fingerprint density at radius 3 is 1.56 bits per heavy atom. The maximum Gasteiger partial charge on any atom is 0.141 e. The van der Waals surface area contributed by atoms with Gasteiger partial charge in [0.05, 0.1) is 73.1 Å². The molecule has 0 aromatic carbocycles. The Morgan fingerprint density at radius 1 is 0.708 bits per heavy atom. The highest BCUT2D eigenvalue weighted by Crippen LogP contribution is 2.38. The van der Waals surface area contributed by atoms with Crippen LogP contribution in [0.2, 0.25) is 0 Å². The first-order chi connectivity index (χ1) is 23.5. The summed E-state index contributed by atoms with van der Waals surface area (Å²) < 4.78 is 3.73. The van der Waals surface area contributed by atoms with Crippen molar-refractivity contribution in [2.24, 2.45) is 11.8 Å². The monoisotopic (exact) mass is 644 g/mol. The predicted octanol–water partition coefficient (Wildman–Crippen LogP) is 4.87. The third-order valence-corrected chi connectivity index (χ3v) is 9.72. The van der Waals surface area contributed by atoms with E-state index in [1.807, 2.05) is 46.3 Å². The molecule has 2 fully saturated rings. The Hall–Kier alpha value is -5.44. The molecule has 0 amide bonds. The predicted molar refractivity (Wildman–Crippen MR) is 175 cm³/mol. The van der Waals surface area contributed by atoms with Gasteiger partial charge < -0.3 is 20.2 Å². The van der Waals surface area contributed by atoms with Gasteiger partial charge in [-0.3, -0.25) is 9.36 Å². The summed E-state index contributed by atoms with van der Waals surface area (Å²) in [5.74, 6) is 0.565. The highest BCUT2D eigenvalue weighted by atomic mass is 16.3. The lowest BCUT2D eigenvalue weighted by atomic mass is 9.96. The Bertz CT molecular complexity index is 1930. The van der Waals surface area contributed by atoms with E-state index in [4.69, 9.17) is 0 Å². The standard InChI is InChI=1S/2C17H18N6O/c2*18-5-3-15(11-1-2-13(24)7-11)23-9-12(8-22-23)16-14-4-6-19-17(14)21-10-20-16/h2*4,6,8-11,13,15,24H,1-3,7H2,(H,19,20,21)/t2*11-,13+,15?/m10/s1. The van der Waals surface area contributed by atoms with Gasteiger partial charge >= 0.3 is 0 Å². The number of fused-ring (bicyclic) bond motifs is 2. The second-order valence-corrected chi connectivity index (χ2v) is 12.7. The Kier molecular flexibility index (Phi) is 8.92. The molecule has 6 aromatic heterocycles. The summed E-state index contributed by atoms with van der Waals surface area (Å²) in [6.45, 7) is 0. The molecule has 14 nitrogen and oxygen atoms in total. The fourth-order valence-corrected chi connectivity index (χ4v) is 7.31. The van der Waals surface area contributed by atoms with E-state index in [0.717, 1.165) is 83.1 Å². The van der Waals surface area contributed by atoms with Gasteiger partial charge in [0.15, 0.2) is 0 Å². The van der Waals surface area contributed by atoms with Crippen molar-refractivity contribution < 1.29 is 10.2 Å². The minimum atomic E-state index is -0.257. The molecule has 6 aromatic rings. The van der Waals surface area contributed by atoms with E-state index < -0.39 is 0 Å². The summed E-state index contributed by atoms with van der Waals surface area (Å²) in [6, 6.07) is 8.39. The maximum atomic E-state index is 9.81. The topological polar surface area (TPSA) is 207 Å². The van der Waals surface area contributed by atoms with E-state index in [2.05, 4.69) is 52.2 Å². The van der Waals surface area contributed by atoms with Gasteiger partial charge in [-0.1, -0.05) is 0 Å². The van der Waals surface area contributed by atoms with Crippen molar-refractivity contribution in [2.45, 2.75) is 75.7 Å². The lowest BCUT2D eigenvalue weighted by Crippen LogP contribution is -2.18. The minimum absolute atomic E-state index is 0.00977. The van der Waals surface area contributed by atoms with Crippen LogP contribution in [0.15, 0.2) is 62.0 Å². The van der Waals surface area contributed by atoms with Gasteiger partial charge in [0, 0.05) is 46.7 Å². The minimum Gasteiger partial charge on any atom is -0.393 e. The van der Waals surface area contributed by atoms with Crippen LogP contribution in [-0.4, -0.2) is 71.9 Å². The lowest BCUT2D eigenvalue weighted by Gasteiger charge is -2.21. The number of nitrogens with one attached hydrogen (secondary N) is 2. The van der Waals surface area contributed by atoms with Crippen LogP contribution < -0.4 is 0 Å². The van der Waals surface area contributed by atoms with Crippen molar-refractivity contribution in [2.75, 3.05) is 0 Å². The van der Waals surface area contributed by atoms with Crippen molar-refractivity contribution >= 4 is 22.1 Å². The zero-order valence-electron chi connectivity index (χ0n) is 26.3. The van der Waals surface area contributed by atoms with E-state index >= 15 is 0 Å². The first-order valence-corrected chi connectivity index (χ1v) is 16.3. The SMILES string of the molecule is N#CCC([C@@H]1CC[C@H](O)C1)n1cc(-c2ncnc3[nH]ccc23)cn1.N#CCC([C@H]1CC[C@@H](O)C1)n1cc(-c2ncnc3[nH]ccc23)cn1. The van der Waals surface area contributed by atoms with Gasteiger partial charge in [0.1, 0.15) is 23.9 Å². The molecule has 6 heterocycles.